The molecule has 0 saturated carbocycles. The molecule has 3 rings (SSSR count). The minimum Gasteiger partial charge on any atom is -0.338 e. The molecular weight excluding hydrogens is 322 g/mol. The smallest absolute Gasteiger partial charge is 0.317 e. The highest BCUT2D eigenvalue weighted by molar-refractivity contribution is 7.07. The number of rotatable bonds is 5. The van der Waals surface area contributed by atoms with Gasteiger partial charge in [-0.3, -0.25) is 4.90 Å². The quantitative estimate of drug-likeness (QED) is 0.901. The maximum absolute atomic E-state index is 12.3. The van der Waals surface area contributed by atoms with E-state index in [0.29, 0.717) is 12.6 Å². The van der Waals surface area contributed by atoms with Crippen LogP contribution in [-0.2, 0) is 13.5 Å². The van der Waals surface area contributed by atoms with E-state index >= 15 is 0 Å². The number of carbonyl (C=O) groups excluding carboxylic acids is 1. The van der Waals surface area contributed by atoms with Gasteiger partial charge in [-0.15, -0.1) is 0 Å². The van der Waals surface area contributed by atoms with Crippen molar-refractivity contribution in [1.82, 2.24) is 24.7 Å². The van der Waals surface area contributed by atoms with Crippen LogP contribution in [0.3, 0.4) is 0 Å². The number of amides is 2. The highest BCUT2D eigenvalue weighted by atomic mass is 32.1. The van der Waals surface area contributed by atoms with Gasteiger partial charge in [0.2, 0.25) is 0 Å². The molecule has 0 aromatic carbocycles. The highest BCUT2D eigenvalue weighted by Gasteiger charge is 2.24. The van der Waals surface area contributed by atoms with Gasteiger partial charge in [0.1, 0.15) is 5.82 Å². The number of hydrogen-bond donors (Lipinski definition) is 1. The maximum atomic E-state index is 12.3. The lowest BCUT2D eigenvalue weighted by Crippen LogP contribution is -2.52. The van der Waals surface area contributed by atoms with Gasteiger partial charge in [-0.1, -0.05) is 0 Å². The predicted octanol–water partition coefficient (Wildman–Crippen LogP) is 2.11. The Labute approximate surface area is 147 Å². The van der Waals surface area contributed by atoms with Gasteiger partial charge in [-0.25, -0.2) is 9.78 Å². The average Bonchev–Trinajstić information content (AvgIpc) is 3.26. The summed E-state index contributed by atoms with van der Waals surface area (Å²) >= 11 is 1.74. The van der Waals surface area contributed by atoms with Gasteiger partial charge in [0, 0.05) is 64.6 Å². The van der Waals surface area contributed by atoms with Gasteiger partial charge in [0.05, 0.1) is 0 Å². The molecule has 130 valence electrons. The fraction of sp³-hybridized carbons (Fsp3) is 0.529. The van der Waals surface area contributed by atoms with Crippen LogP contribution < -0.4 is 5.32 Å². The van der Waals surface area contributed by atoms with Crippen LogP contribution >= 0.6 is 11.3 Å². The first-order valence-electron chi connectivity index (χ1n) is 8.40. The standard InChI is InChI=1S/C17H25N5OS/c1-14(15-4-12-24-13-15)21-8-10-22(11-9-21)17(23)19-5-3-16-18-6-7-20(16)2/h4,6-7,12-14H,3,5,8-11H2,1-2H3,(H,19,23). The van der Waals surface area contributed by atoms with Crippen LogP contribution in [0.25, 0.3) is 0 Å². The van der Waals surface area contributed by atoms with Crippen LogP contribution in [-0.4, -0.2) is 58.1 Å². The van der Waals surface area contributed by atoms with Crippen LogP contribution in [0, 0.1) is 0 Å². The number of piperazine rings is 1. The third-order valence-corrected chi connectivity index (χ3v) is 5.42. The van der Waals surface area contributed by atoms with Crippen molar-refractivity contribution in [2.45, 2.75) is 19.4 Å². The average molecular weight is 347 g/mol. The van der Waals surface area contributed by atoms with Crippen LogP contribution in [0.15, 0.2) is 29.2 Å². The van der Waals surface area contributed by atoms with Crippen molar-refractivity contribution in [3.05, 3.63) is 40.6 Å². The van der Waals surface area contributed by atoms with Crippen molar-refractivity contribution in [2.75, 3.05) is 32.7 Å². The number of aromatic nitrogens is 2. The Morgan fingerprint density at radius 2 is 2.17 bits per heavy atom. The van der Waals surface area contributed by atoms with Crippen molar-refractivity contribution in [3.8, 4) is 0 Å². The fourth-order valence-corrected chi connectivity index (χ4v) is 3.81. The van der Waals surface area contributed by atoms with Crippen molar-refractivity contribution in [2.24, 2.45) is 7.05 Å². The third kappa shape index (κ3) is 3.96. The monoisotopic (exact) mass is 347 g/mol. The minimum absolute atomic E-state index is 0.0343. The van der Waals surface area contributed by atoms with Crippen molar-refractivity contribution in [3.63, 3.8) is 0 Å². The fourth-order valence-electron chi connectivity index (χ4n) is 3.07. The van der Waals surface area contributed by atoms with Gasteiger partial charge in [-0.05, 0) is 29.3 Å². The van der Waals surface area contributed by atoms with E-state index in [1.165, 1.54) is 5.56 Å². The Hall–Kier alpha value is -1.86. The molecule has 2 aromatic rings. The first-order valence-corrected chi connectivity index (χ1v) is 9.34. The Bertz CT molecular complexity index is 646. The molecule has 2 amide bonds. The molecule has 7 heteroatoms. The zero-order valence-electron chi connectivity index (χ0n) is 14.3. The van der Waals surface area contributed by atoms with Crippen molar-refractivity contribution < 1.29 is 4.79 Å². The third-order valence-electron chi connectivity index (χ3n) is 4.72. The number of imidazole rings is 1. The molecule has 1 fully saturated rings. The molecule has 1 aliphatic heterocycles. The Morgan fingerprint density at radius 1 is 1.38 bits per heavy atom. The summed E-state index contributed by atoms with van der Waals surface area (Å²) in [5, 5.41) is 7.34. The normalized spacial score (nSPS) is 17.0. The number of urea groups is 1. The van der Waals surface area contributed by atoms with E-state index < -0.39 is 0 Å². The van der Waals surface area contributed by atoms with E-state index in [-0.39, 0.29) is 6.03 Å². The topological polar surface area (TPSA) is 53.4 Å². The van der Waals surface area contributed by atoms with Gasteiger partial charge in [0.25, 0.3) is 0 Å². The number of aryl methyl sites for hydroxylation is 1. The van der Waals surface area contributed by atoms with Crippen LogP contribution in [0.2, 0.25) is 0 Å². The summed E-state index contributed by atoms with van der Waals surface area (Å²) in [6, 6.07) is 2.64. The second-order valence-corrected chi connectivity index (χ2v) is 6.97. The molecule has 2 aromatic heterocycles. The molecule has 6 nitrogen and oxygen atoms in total. The molecular formula is C17H25N5OS. The zero-order valence-corrected chi connectivity index (χ0v) is 15.1. The van der Waals surface area contributed by atoms with E-state index in [1.54, 1.807) is 17.5 Å². The summed E-state index contributed by atoms with van der Waals surface area (Å²) in [4.78, 5) is 20.9. The molecule has 0 aliphatic carbocycles. The summed E-state index contributed by atoms with van der Waals surface area (Å²) in [5.74, 6) is 0.990. The molecule has 3 heterocycles. The predicted molar refractivity (Wildman–Crippen MR) is 96.2 cm³/mol. The van der Waals surface area contributed by atoms with Crippen LogP contribution in [0.1, 0.15) is 24.4 Å². The van der Waals surface area contributed by atoms with E-state index in [1.807, 2.05) is 22.7 Å². The molecule has 1 saturated heterocycles. The van der Waals surface area contributed by atoms with Gasteiger partial charge in [-0.2, -0.15) is 11.3 Å². The molecule has 0 radical (unpaired) electrons. The second-order valence-electron chi connectivity index (χ2n) is 6.19. The van der Waals surface area contributed by atoms with Crippen LogP contribution in [0.4, 0.5) is 4.79 Å². The Morgan fingerprint density at radius 3 is 2.79 bits per heavy atom. The Kier molecular flexibility index (Phi) is 5.52. The number of nitrogens with zero attached hydrogens (tertiary/aromatic N) is 4. The molecule has 1 N–H and O–H groups in total. The molecule has 0 bridgehead atoms. The summed E-state index contributed by atoms with van der Waals surface area (Å²) in [7, 11) is 1.97. The van der Waals surface area contributed by atoms with Crippen LogP contribution in [0.5, 0.6) is 0 Å². The number of hydrogen-bond acceptors (Lipinski definition) is 4. The van der Waals surface area contributed by atoms with E-state index in [9.17, 15) is 4.79 Å². The first-order chi connectivity index (χ1) is 11.6. The van der Waals surface area contributed by atoms with Gasteiger partial charge >= 0.3 is 6.03 Å². The Balaban J connectivity index is 1.41. The summed E-state index contributed by atoms with van der Waals surface area (Å²) in [6.07, 6.45) is 4.46. The number of thiophene rings is 1. The maximum Gasteiger partial charge on any atom is 0.317 e. The summed E-state index contributed by atoms with van der Waals surface area (Å²) < 4.78 is 1.98. The lowest BCUT2D eigenvalue weighted by atomic mass is 10.1. The number of nitrogens with one attached hydrogen (secondary N) is 1. The second kappa shape index (κ2) is 7.81. The molecule has 1 unspecified atom stereocenters. The lowest BCUT2D eigenvalue weighted by molar-refractivity contribution is 0.114. The van der Waals surface area contributed by atoms with Gasteiger partial charge < -0.3 is 14.8 Å². The largest absolute Gasteiger partial charge is 0.338 e. The lowest BCUT2D eigenvalue weighted by Gasteiger charge is -2.37. The van der Waals surface area contributed by atoms with E-state index in [0.717, 1.165) is 38.4 Å². The summed E-state index contributed by atoms with van der Waals surface area (Å²) in [5.41, 5.74) is 1.37. The minimum atomic E-state index is 0.0343. The van der Waals surface area contributed by atoms with E-state index in [2.05, 4.69) is 39.0 Å². The molecule has 1 atom stereocenters. The SMILES string of the molecule is CC(c1ccsc1)N1CCN(C(=O)NCCc2nccn2C)CC1. The van der Waals surface area contributed by atoms with Gasteiger partial charge in [0.15, 0.2) is 0 Å². The van der Waals surface area contributed by atoms with Crippen molar-refractivity contribution in [1.29, 1.82) is 0 Å². The van der Waals surface area contributed by atoms with Crippen molar-refractivity contribution >= 4 is 17.4 Å². The zero-order chi connectivity index (χ0) is 16.9. The molecule has 0 spiro atoms. The number of carbonyl (C=O) groups is 1. The van der Waals surface area contributed by atoms with E-state index in [4.69, 9.17) is 0 Å². The molecule has 24 heavy (non-hydrogen) atoms. The first kappa shape index (κ1) is 17.0. The summed E-state index contributed by atoms with van der Waals surface area (Å²) in [6.45, 7) is 6.26. The molecule has 1 aliphatic rings. The highest BCUT2D eigenvalue weighted by Crippen LogP contribution is 2.23.